The Hall–Kier alpha value is -4.86. The van der Waals surface area contributed by atoms with Gasteiger partial charge >= 0.3 is 0 Å². The molecule has 1 aliphatic rings. The van der Waals surface area contributed by atoms with Gasteiger partial charge in [-0.3, -0.25) is 9.69 Å². The lowest BCUT2D eigenvalue weighted by Gasteiger charge is -2.27. The van der Waals surface area contributed by atoms with Crippen molar-refractivity contribution in [3.63, 3.8) is 0 Å². The van der Waals surface area contributed by atoms with Crippen molar-refractivity contribution in [2.45, 2.75) is 26.7 Å². The Labute approximate surface area is 214 Å². The van der Waals surface area contributed by atoms with Crippen LogP contribution < -0.4 is 20.7 Å². The van der Waals surface area contributed by atoms with Gasteiger partial charge in [0.25, 0.3) is 5.91 Å². The fourth-order valence-corrected chi connectivity index (χ4v) is 4.18. The van der Waals surface area contributed by atoms with Crippen LogP contribution in [-0.2, 0) is 4.79 Å². The van der Waals surface area contributed by atoms with Crippen LogP contribution in [0.1, 0.15) is 25.3 Å². The van der Waals surface area contributed by atoms with Crippen LogP contribution in [0.25, 0.3) is 11.0 Å². The lowest BCUT2D eigenvalue weighted by atomic mass is 10.0. The number of fused-ring (bicyclic) bond motifs is 1. The molecular weight excluding hydrogens is 468 g/mol. The number of ether oxygens (including phenoxy) is 1. The van der Waals surface area contributed by atoms with Gasteiger partial charge in [0.2, 0.25) is 0 Å². The van der Waals surface area contributed by atoms with E-state index in [9.17, 15) is 4.79 Å². The Bertz CT molecular complexity index is 1530. The minimum atomic E-state index is -0.00526. The number of amides is 1. The van der Waals surface area contributed by atoms with E-state index in [1.165, 1.54) is 12.7 Å². The molecule has 5 rings (SSSR count). The molecule has 3 aromatic heterocycles. The van der Waals surface area contributed by atoms with Gasteiger partial charge in [0.05, 0.1) is 11.9 Å². The van der Waals surface area contributed by atoms with Crippen LogP contribution in [0.5, 0.6) is 11.5 Å². The van der Waals surface area contributed by atoms with Gasteiger partial charge in [0, 0.05) is 30.1 Å². The maximum atomic E-state index is 12.9. The number of piperidine rings is 1. The van der Waals surface area contributed by atoms with Gasteiger partial charge in [-0.15, -0.1) is 0 Å². The molecule has 0 aliphatic carbocycles. The lowest BCUT2D eigenvalue weighted by Crippen LogP contribution is -2.37. The highest BCUT2D eigenvalue weighted by Crippen LogP contribution is 2.31. The summed E-state index contributed by atoms with van der Waals surface area (Å²) in [6.07, 6.45) is 7.86. The van der Waals surface area contributed by atoms with Crippen molar-refractivity contribution in [3.8, 4) is 11.5 Å². The number of hydrogen-bond donors (Lipinski definition) is 2. The molecule has 0 atom stereocenters. The van der Waals surface area contributed by atoms with E-state index in [0.29, 0.717) is 46.5 Å². The normalized spacial score (nSPS) is 15.0. The molecule has 1 aromatic carbocycles. The molecule has 0 radical (unpaired) electrons. The van der Waals surface area contributed by atoms with Gasteiger partial charge in [0.15, 0.2) is 11.6 Å². The number of nitrogens with one attached hydrogen (secondary N) is 1. The number of aryl methyl sites for hydroxylation is 1. The minimum absolute atomic E-state index is 0.00526. The molecule has 1 aliphatic heterocycles. The fraction of sp³-hybridized carbons (Fsp3) is 0.185. The predicted molar refractivity (Wildman–Crippen MR) is 144 cm³/mol. The second-order valence-electron chi connectivity index (χ2n) is 8.47. The highest BCUT2D eigenvalue weighted by atomic mass is 16.5. The first-order chi connectivity index (χ1) is 18.1. The molecule has 1 amide bonds. The lowest BCUT2D eigenvalue weighted by molar-refractivity contribution is -0.115. The van der Waals surface area contributed by atoms with E-state index in [2.05, 4.69) is 25.3 Å². The number of nitrogens with two attached hydrogens (primary N) is 1. The first kappa shape index (κ1) is 23.9. The SMILES string of the molecule is C/C=C1\CCCN(c2ccc3ncnc(Nc4ccc(Oc5ccnc(N=CN)c5)c(C)c4)c3n2)C1=O. The summed E-state index contributed by atoms with van der Waals surface area (Å²) >= 11 is 0. The van der Waals surface area contributed by atoms with Crippen molar-refractivity contribution >= 4 is 46.4 Å². The number of anilines is 3. The summed E-state index contributed by atoms with van der Waals surface area (Å²) in [5.74, 6) is 2.89. The zero-order valence-corrected chi connectivity index (χ0v) is 20.5. The second-order valence-corrected chi connectivity index (χ2v) is 8.47. The molecule has 4 heterocycles. The summed E-state index contributed by atoms with van der Waals surface area (Å²) < 4.78 is 6.02. The topological polar surface area (TPSA) is 132 Å². The summed E-state index contributed by atoms with van der Waals surface area (Å²) in [6.45, 7) is 4.47. The number of allylic oxidation sites excluding steroid dienone is 1. The van der Waals surface area contributed by atoms with Crippen molar-refractivity contribution in [3.05, 3.63) is 72.2 Å². The third kappa shape index (κ3) is 5.08. The molecule has 1 saturated heterocycles. The number of carbonyl (C=O) groups excluding carboxylic acids is 1. The van der Waals surface area contributed by atoms with Gasteiger partial charge in [-0.1, -0.05) is 6.08 Å². The van der Waals surface area contributed by atoms with Crippen LogP contribution in [0, 0.1) is 6.92 Å². The Balaban J connectivity index is 1.40. The third-order valence-electron chi connectivity index (χ3n) is 6.03. The van der Waals surface area contributed by atoms with Gasteiger partial charge in [-0.2, -0.15) is 0 Å². The Morgan fingerprint density at radius 1 is 1.14 bits per heavy atom. The molecule has 3 N–H and O–H groups in total. The molecule has 37 heavy (non-hydrogen) atoms. The first-order valence-electron chi connectivity index (χ1n) is 11.9. The van der Waals surface area contributed by atoms with Gasteiger partial charge in [-0.05, 0) is 68.7 Å². The van der Waals surface area contributed by atoms with Crippen molar-refractivity contribution in [2.24, 2.45) is 10.7 Å². The predicted octanol–water partition coefficient (Wildman–Crippen LogP) is 4.96. The molecule has 186 valence electrons. The quantitative estimate of drug-likeness (QED) is 0.218. The van der Waals surface area contributed by atoms with E-state index in [0.717, 1.165) is 29.7 Å². The average molecular weight is 495 g/mol. The molecule has 0 bridgehead atoms. The Morgan fingerprint density at radius 3 is 2.84 bits per heavy atom. The number of hydrogen-bond acceptors (Lipinski definition) is 8. The number of pyridine rings is 2. The highest BCUT2D eigenvalue weighted by molar-refractivity contribution is 6.06. The van der Waals surface area contributed by atoms with E-state index >= 15 is 0 Å². The fourth-order valence-electron chi connectivity index (χ4n) is 4.18. The van der Waals surface area contributed by atoms with Crippen molar-refractivity contribution in [1.29, 1.82) is 0 Å². The van der Waals surface area contributed by atoms with Crippen molar-refractivity contribution in [2.75, 3.05) is 16.8 Å². The molecule has 1 fully saturated rings. The number of aromatic nitrogens is 4. The summed E-state index contributed by atoms with van der Waals surface area (Å²) in [4.78, 5) is 36.2. The second kappa shape index (κ2) is 10.4. The van der Waals surface area contributed by atoms with E-state index in [1.54, 1.807) is 23.2 Å². The summed E-state index contributed by atoms with van der Waals surface area (Å²) in [7, 11) is 0. The maximum Gasteiger partial charge on any atom is 0.255 e. The van der Waals surface area contributed by atoms with Crippen molar-refractivity contribution < 1.29 is 9.53 Å². The monoisotopic (exact) mass is 494 g/mol. The molecule has 10 heteroatoms. The van der Waals surface area contributed by atoms with Crippen LogP contribution >= 0.6 is 0 Å². The molecular formula is C27H26N8O2. The van der Waals surface area contributed by atoms with Crippen LogP contribution in [0.4, 0.5) is 23.1 Å². The Morgan fingerprint density at radius 2 is 2.03 bits per heavy atom. The summed E-state index contributed by atoms with van der Waals surface area (Å²) in [5, 5.41) is 3.34. The largest absolute Gasteiger partial charge is 0.457 e. The number of nitrogens with zero attached hydrogens (tertiary/aromatic N) is 6. The maximum absolute atomic E-state index is 12.9. The molecule has 0 saturated carbocycles. The highest BCUT2D eigenvalue weighted by Gasteiger charge is 2.25. The molecule has 0 spiro atoms. The van der Waals surface area contributed by atoms with Crippen LogP contribution in [0.15, 0.2) is 71.6 Å². The summed E-state index contributed by atoms with van der Waals surface area (Å²) in [6, 6.07) is 12.9. The zero-order valence-electron chi connectivity index (χ0n) is 20.5. The zero-order chi connectivity index (χ0) is 25.8. The third-order valence-corrected chi connectivity index (χ3v) is 6.03. The molecule has 0 unspecified atom stereocenters. The minimum Gasteiger partial charge on any atom is -0.457 e. The number of aliphatic imine (C=N–C) groups is 1. The van der Waals surface area contributed by atoms with E-state index in [4.69, 9.17) is 15.5 Å². The smallest absolute Gasteiger partial charge is 0.255 e. The van der Waals surface area contributed by atoms with Crippen LogP contribution in [0.2, 0.25) is 0 Å². The van der Waals surface area contributed by atoms with E-state index in [1.807, 2.05) is 50.3 Å². The van der Waals surface area contributed by atoms with E-state index < -0.39 is 0 Å². The standard InChI is InChI=1S/C27H26N8O2/c1-3-18-5-4-12-35(27(18)36)24-9-7-21-25(34-24)26(32-16-31-21)33-19-6-8-22(17(2)13-19)37-20-10-11-29-23(14-20)30-15-28/h3,6-11,13-16H,4-5,12H2,1-2H3,(H2,28,29,30)(H,31,32,33)/b18-3+. The number of benzene rings is 1. The number of carbonyl (C=O) groups is 1. The Kier molecular flexibility index (Phi) is 6.71. The van der Waals surface area contributed by atoms with E-state index in [-0.39, 0.29) is 5.91 Å². The van der Waals surface area contributed by atoms with Crippen LogP contribution in [-0.4, -0.2) is 38.7 Å². The first-order valence-corrected chi connectivity index (χ1v) is 11.9. The van der Waals surface area contributed by atoms with Gasteiger partial charge < -0.3 is 15.8 Å². The average Bonchev–Trinajstić information content (AvgIpc) is 2.91. The molecule has 4 aromatic rings. The number of rotatable bonds is 6. The molecule has 10 nitrogen and oxygen atoms in total. The summed E-state index contributed by atoms with van der Waals surface area (Å²) in [5.41, 5.74) is 9.15. The van der Waals surface area contributed by atoms with Crippen molar-refractivity contribution in [1.82, 2.24) is 19.9 Å². The van der Waals surface area contributed by atoms with Gasteiger partial charge in [0.1, 0.15) is 29.2 Å². The van der Waals surface area contributed by atoms with Gasteiger partial charge in [-0.25, -0.2) is 24.9 Å². The van der Waals surface area contributed by atoms with Crippen LogP contribution in [0.3, 0.4) is 0 Å².